The van der Waals surface area contributed by atoms with Crippen LogP contribution in [0.25, 0.3) is 0 Å². The van der Waals surface area contributed by atoms with E-state index in [4.69, 9.17) is 4.74 Å². The first-order chi connectivity index (χ1) is 10.1. The van der Waals surface area contributed by atoms with Crippen molar-refractivity contribution in [2.75, 3.05) is 7.05 Å². The largest absolute Gasteiger partial charge is 0.471 e. The van der Waals surface area contributed by atoms with Gasteiger partial charge < -0.3 is 9.64 Å². The number of likely N-dealkylation sites (N-methyl/N-ethyl adjacent to an activating group) is 1. The molecule has 0 aliphatic heterocycles. The summed E-state index contributed by atoms with van der Waals surface area (Å²) in [6.07, 6.45) is -5.03. The van der Waals surface area contributed by atoms with Crippen molar-refractivity contribution in [3.63, 3.8) is 0 Å². The van der Waals surface area contributed by atoms with E-state index in [1.54, 1.807) is 44.2 Å². The average Bonchev–Trinajstić information content (AvgIpc) is 2.44. The number of hydrogen-bond acceptors (Lipinski definition) is 3. The molecule has 0 fully saturated rings. The Hall–Kier alpha value is -2.05. The fourth-order valence-corrected chi connectivity index (χ4v) is 2.02. The summed E-state index contributed by atoms with van der Waals surface area (Å²) in [6.45, 7) is 3.04. The number of halogens is 3. The molecular weight excluding hydrogens is 299 g/mol. The molecule has 1 rings (SSSR count). The molecule has 0 spiro atoms. The van der Waals surface area contributed by atoms with E-state index in [-0.39, 0.29) is 6.61 Å². The Bertz CT molecular complexity index is 515. The predicted molar refractivity (Wildman–Crippen MR) is 73.7 cm³/mol. The van der Waals surface area contributed by atoms with Crippen LogP contribution in [0.3, 0.4) is 0 Å². The summed E-state index contributed by atoms with van der Waals surface area (Å²) in [6, 6.07) is 7.45. The summed E-state index contributed by atoms with van der Waals surface area (Å²) >= 11 is 0. The molecular formula is C15H18F3NO3. The molecule has 1 aromatic carbocycles. The lowest BCUT2D eigenvalue weighted by atomic mass is 10.0. The minimum absolute atomic E-state index is 0.0586. The van der Waals surface area contributed by atoms with Gasteiger partial charge in [0.1, 0.15) is 12.6 Å². The Kier molecular flexibility index (Phi) is 5.96. The first kappa shape index (κ1) is 18.0. The Morgan fingerprint density at radius 2 is 1.73 bits per heavy atom. The van der Waals surface area contributed by atoms with Crippen LogP contribution in [0.4, 0.5) is 13.2 Å². The molecule has 0 aliphatic carbocycles. The quantitative estimate of drug-likeness (QED) is 0.785. The van der Waals surface area contributed by atoms with E-state index >= 15 is 0 Å². The Morgan fingerprint density at radius 1 is 1.18 bits per heavy atom. The van der Waals surface area contributed by atoms with Crippen LogP contribution in [0.15, 0.2) is 30.3 Å². The summed E-state index contributed by atoms with van der Waals surface area (Å²) in [7, 11) is 0.949. The van der Waals surface area contributed by atoms with Gasteiger partial charge in [-0.25, -0.2) is 4.79 Å². The topological polar surface area (TPSA) is 46.6 Å². The van der Waals surface area contributed by atoms with Gasteiger partial charge >= 0.3 is 18.1 Å². The second-order valence-electron chi connectivity index (χ2n) is 5.20. The van der Waals surface area contributed by atoms with E-state index in [1.165, 1.54) is 0 Å². The maximum Gasteiger partial charge on any atom is 0.471 e. The Balaban J connectivity index is 2.78. The average molecular weight is 317 g/mol. The molecule has 0 aliphatic rings. The van der Waals surface area contributed by atoms with Crippen LogP contribution >= 0.6 is 0 Å². The molecule has 1 atom stereocenters. The van der Waals surface area contributed by atoms with E-state index < -0.39 is 30.0 Å². The summed E-state index contributed by atoms with van der Waals surface area (Å²) in [5.74, 6) is -3.44. The van der Waals surface area contributed by atoms with E-state index in [0.29, 0.717) is 10.5 Å². The standard InChI is InChI=1S/C15H18F3NO3/c1-10(2)12(19(3)14(21)15(16,17)18)13(20)22-9-11-7-5-4-6-8-11/h4-8,10,12H,9H2,1-3H3/t12-/m0/s1. The minimum Gasteiger partial charge on any atom is -0.459 e. The molecule has 1 aromatic rings. The Morgan fingerprint density at radius 3 is 2.18 bits per heavy atom. The maximum atomic E-state index is 12.5. The number of rotatable bonds is 5. The zero-order chi connectivity index (χ0) is 16.9. The summed E-state index contributed by atoms with van der Waals surface area (Å²) in [5.41, 5.74) is 0.711. The number of alkyl halides is 3. The molecule has 0 bridgehead atoms. The van der Waals surface area contributed by atoms with Crippen molar-refractivity contribution in [3.8, 4) is 0 Å². The molecule has 0 unspecified atom stereocenters. The van der Waals surface area contributed by atoms with E-state index in [9.17, 15) is 22.8 Å². The molecule has 4 nitrogen and oxygen atoms in total. The van der Waals surface area contributed by atoms with Gasteiger partial charge in [0.15, 0.2) is 0 Å². The van der Waals surface area contributed by atoms with Gasteiger partial charge in [-0.1, -0.05) is 44.2 Å². The third kappa shape index (κ3) is 4.75. The minimum atomic E-state index is -5.03. The fraction of sp³-hybridized carbons (Fsp3) is 0.467. The van der Waals surface area contributed by atoms with Crippen molar-refractivity contribution in [1.82, 2.24) is 4.90 Å². The van der Waals surface area contributed by atoms with Crippen molar-refractivity contribution < 1.29 is 27.5 Å². The van der Waals surface area contributed by atoms with Gasteiger partial charge in [0.25, 0.3) is 0 Å². The highest BCUT2D eigenvalue weighted by atomic mass is 19.4. The zero-order valence-corrected chi connectivity index (χ0v) is 12.6. The lowest BCUT2D eigenvalue weighted by molar-refractivity contribution is -0.190. The number of esters is 1. The molecule has 7 heteroatoms. The van der Waals surface area contributed by atoms with Crippen LogP contribution < -0.4 is 0 Å². The second kappa shape index (κ2) is 7.29. The van der Waals surface area contributed by atoms with Crippen LogP contribution in [0.1, 0.15) is 19.4 Å². The van der Waals surface area contributed by atoms with E-state index in [1.807, 2.05) is 0 Å². The number of amides is 1. The van der Waals surface area contributed by atoms with Crippen molar-refractivity contribution >= 4 is 11.9 Å². The van der Waals surface area contributed by atoms with Crippen LogP contribution in [0.5, 0.6) is 0 Å². The van der Waals surface area contributed by atoms with Crippen LogP contribution in [-0.4, -0.2) is 36.0 Å². The molecule has 0 heterocycles. The van der Waals surface area contributed by atoms with Gasteiger partial charge in [0, 0.05) is 7.05 Å². The van der Waals surface area contributed by atoms with Crippen molar-refractivity contribution in [3.05, 3.63) is 35.9 Å². The first-order valence-corrected chi connectivity index (χ1v) is 6.69. The third-order valence-electron chi connectivity index (χ3n) is 3.08. The number of carbonyl (C=O) groups is 2. The first-order valence-electron chi connectivity index (χ1n) is 6.69. The zero-order valence-electron chi connectivity index (χ0n) is 12.6. The molecule has 0 saturated carbocycles. The number of benzene rings is 1. The lowest BCUT2D eigenvalue weighted by Gasteiger charge is -2.29. The van der Waals surface area contributed by atoms with Crippen molar-refractivity contribution in [1.29, 1.82) is 0 Å². The van der Waals surface area contributed by atoms with Crippen molar-refractivity contribution in [2.24, 2.45) is 5.92 Å². The van der Waals surface area contributed by atoms with Crippen molar-refractivity contribution in [2.45, 2.75) is 32.7 Å². The summed E-state index contributed by atoms with van der Waals surface area (Å²) in [4.78, 5) is 23.7. The van der Waals surface area contributed by atoms with Crippen LogP contribution in [0.2, 0.25) is 0 Å². The van der Waals surface area contributed by atoms with Gasteiger partial charge in [-0.15, -0.1) is 0 Å². The molecule has 0 N–H and O–H groups in total. The Labute approximate surface area is 126 Å². The van der Waals surface area contributed by atoms with Gasteiger partial charge in [-0.2, -0.15) is 13.2 Å². The highest BCUT2D eigenvalue weighted by Gasteiger charge is 2.45. The molecule has 22 heavy (non-hydrogen) atoms. The SMILES string of the molecule is CC(C)[C@@H](C(=O)OCc1ccccc1)N(C)C(=O)C(F)(F)F. The number of nitrogens with zero attached hydrogens (tertiary/aromatic N) is 1. The number of carbonyl (C=O) groups excluding carboxylic acids is 2. The third-order valence-corrected chi connectivity index (χ3v) is 3.08. The molecule has 0 saturated heterocycles. The monoisotopic (exact) mass is 317 g/mol. The lowest BCUT2D eigenvalue weighted by Crippen LogP contribution is -2.50. The molecule has 1 amide bonds. The van der Waals surface area contributed by atoms with Gasteiger partial charge in [-0.3, -0.25) is 4.79 Å². The fourth-order valence-electron chi connectivity index (χ4n) is 2.02. The highest BCUT2D eigenvalue weighted by Crippen LogP contribution is 2.22. The smallest absolute Gasteiger partial charge is 0.459 e. The van der Waals surface area contributed by atoms with E-state index in [2.05, 4.69) is 0 Å². The number of ether oxygens (including phenoxy) is 1. The van der Waals surface area contributed by atoms with Crippen LogP contribution in [-0.2, 0) is 20.9 Å². The van der Waals surface area contributed by atoms with Crippen LogP contribution in [0, 0.1) is 5.92 Å². The molecule has 0 radical (unpaired) electrons. The molecule has 0 aromatic heterocycles. The normalized spacial score (nSPS) is 12.9. The summed E-state index contributed by atoms with van der Waals surface area (Å²) in [5, 5.41) is 0. The second-order valence-corrected chi connectivity index (χ2v) is 5.20. The van der Waals surface area contributed by atoms with E-state index in [0.717, 1.165) is 7.05 Å². The highest BCUT2D eigenvalue weighted by molar-refractivity contribution is 5.87. The van der Waals surface area contributed by atoms with Gasteiger partial charge in [-0.05, 0) is 11.5 Å². The van der Waals surface area contributed by atoms with Gasteiger partial charge in [0.05, 0.1) is 0 Å². The summed E-state index contributed by atoms with van der Waals surface area (Å²) < 4.78 is 42.5. The predicted octanol–water partition coefficient (Wildman–Crippen LogP) is 2.78. The molecule has 122 valence electrons. The maximum absolute atomic E-state index is 12.5. The number of hydrogen-bond donors (Lipinski definition) is 0. The van der Waals surface area contributed by atoms with Gasteiger partial charge in [0.2, 0.25) is 0 Å².